The largest absolute Gasteiger partial charge is 0.444 e. The molecule has 1 amide bonds. The van der Waals surface area contributed by atoms with E-state index in [0.717, 1.165) is 29.8 Å². The van der Waals surface area contributed by atoms with Crippen molar-refractivity contribution in [1.82, 2.24) is 9.21 Å². The Morgan fingerprint density at radius 2 is 1.87 bits per heavy atom. The Bertz CT molecular complexity index is 1050. The van der Waals surface area contributed by atoms with Crippen molar-refractivity contribution >= 4 is 21.8 Å². The van der Waals surface area contributed by atoms with Crippen LogP contribution in [0.5, 0.6) is 0 Å². The second-order valence-corrected chi connectivity index (χ2v) is 10.6. The van der Waals surface area contributed by atoms with E-state index in [1.54, 1.807) is 32.9 Å². The van der Waals surface area contributed by atoms with Crippen LogP contribution in [0, 0.1) is 0 Å². The smallest absolute Gasteiger partial charge is 0.411 e. The minimum atomic E-state index is -3.76. The average molecular weight is 430 g/mol. The van der Waals surface area contributed by atoms with Gasteiger partial charge in [-0.1, -0.05) is 30.3 Å². The van der Waals surface area contributed by atoms with Gasteiger partial charge in [-0.2, -0.15) is 4.31 Å². The standard InChI is InChI=1S/C22H27N3O4S/c1-22(2,3)29-21(26)25-15-24(14-20(25)16-7-5-4-6-8-16)30(27,28)18-9-10-19-17(13-18)11-12-23-19/h4-10,13,20,23H,11-12,14-15H2,1-3H3/t20-/m1/s1. The fraction of sp³-hybridized carbons (Fsp3) is 0.409. The summed E-state index contributed by atoms with van der Waals surface area (Å²) in [7, 11) is -3.76. The van der Waals surface area contributed by atoms with E-state index in [9.17, 15) is 13.2 Å². The number of ether oxygens (including phenoxy) is 1. The van der Waals surface area contributed by atoms with Gasteiger partial charge in [-0.3, -0.25) is 4.90 Å². The number of sulfonamides is 1. The van der Waals surface area contributed by atoms with Crippen molar-refractivity contribution in [2.75, 3.05) is 25.1 Å². The maximum Gasteiger partial charge on any atom is 0.411 e. The van der Waals surface area contributed by atoms with Gasteiger partial charge in [0.2, 0.25) is 10.0 Å². The van der Waals surface area contributed by atoms with Gasteiger partial charge in [0, 0.05) is 18.8 Å². The summed E-state index contributed by atoms with van der Waals surface area (Å²) in [6, 6.07) is 14.2. The summed E-state index contributed by atoms with van der Waals surface area (Å²) in [5, 5.41) is 3.24. The molecule has 1 fully saturated rings. The topological polar surface area (TPSA) is 79.0 Å². The van der Waals surface area contributed by atoms with Gasteiger partial charge in [-0.05, 0) is 56.5 Å². The van der Waals surface area contributed by atoms with Crippen LogP contribution in [-0.4, -0.2) is 49.1 Å². The van der Waals surface area contributed by atoms with Gasteiger partial charge in [0.15, 0.2) is 0 Å². The predicted molar refractivity (Wildman–Crippen MR) is 115 cm³/mol. The second-order valence-electron chi connectivity index (χ2n) is 8.65. The van der Waals surface area contributed by atoms with Crippen molar-refractivity contribution in [3.05, 3.63) is 59.7 Å². The lowest BCUT2D eigenvalue weighted by Crippen LogP contribution is -2.38. The summed E-state index contributed by atoms with van der Waals surface area (Å²) in [6.45, 7) is 6.33. The fourth-order valence-electron chi connectivity index (χ4n) is 3.85. The zero-order chi connectivity index (χ0) is 21.5. The maximum absolute atomic E-state index is 13.4. The number of anilines is 1. The van der Waals surface area contributed by atoms with Crippen molar-refractivity contribution in [3.63, 3.8) is 0 Å². The Morgan fingerprint density at radius 1 is 1.13 bits per heavy atom. The summed E-state index contributed by atoms with van der Waals surface area (Å²) in [4.78, 5) is 14.6. The molecule has 1 atom stereocenters. The average Bonchev–Trinajstić information content (AvgIpc) is 3.34. The number of nitrogens with zero attached hydrogens (tertiary/aromatic N) is 2. The van der Waals surface area contributed by atoms with Crippen molar-refractivity contribution in [2.45, 2.75) is 43.7 Å². The van der Waals surface area contributed by atoms with E-state index in [1.165, 1.54) is 9.21 Å². The molecule has 2 aliphatic rings. The molecule has 2 aromatic carbocycles. The number of nitrogens with one attached hydrogen (secondary N) is 1. The molecule has 0 saturated carbocycles. The Hall–Kier alpha value is -2.58. The van der Waals surface area contributed by atoms with E-state index in [-0.39, 0.29) is 18.1 Å². The molecule has 4 rings (SSSR count). The monoisotopic (exact) mass is 429 g/mol. The highest BCUT2D eigenvalue weighted by atomic mass is 32.2. The third-order valence-corrected chi connectivity index (χ3v) is 7.09. The van der Waals surface area contributed by atoms with Gasteiger partial charge in [0.25, 0.3) is 0 Å². The lowest BCUT2D eigenvalue weighted by Gasteiger charge is -2.28. The molecular weight excluding hydrogens is 402 g/mol. The first-order chi connectivity index (χ1) is 14.1. The van der Waals surface area contributed by atoms with E-state index in [1.807, 2.05) is 36.4 Å². The van der Waals surface area contributed by atoms with E-state index in [2.05, 4.69) is 5.32 Å². The minimum absolute atomic E-state index is 0.0495. The van der Waals surface area contributed by atoms with Crippen LogP contribution in [0.3, 0.4) is 0 Å². The molecular formula is C22H27N3O4S. The number of fused-ring (bicyclic) bond motifs is 1. The molecule has 8 heteroatoms. The van der Waals surface area contributed by atoms with Crippen molar-refractivity contribution in [2.24, 2.45) is 0 Å². The number of amides is 1. The lowest BCUT2D eigenvalue weighted by molar-refractivity contribution is 0.0217. The number of carbonyl (C=O) groups excluding carboxylic acids is 1. The molecule has 0 aromatic heterocycles. The van der Waals surface area contributed by atoms with Gasteiger partial charge in [0.05, 0.1) is 17.6 Å². The highest BCUT2D eigenvalue weighted by molar-refractivity contribution is 7.89. The van der Waals surface area contributed by atoms with E-state index >= 15 is 0 Å². The first-order valence-corrected chi connectivity index (χ1v) is 11.5. The molecule has 0 radical (unpaired) electrons. The minimum Gasteiger partial charge on any atom is -0.444 e. The fourth-order valence-corrected chi connectivity index (χ4v) is 5.29. The third-order valence-electron chi connectivity index (χ3n) is 5.30. The molecule has 0 bridgehead atoms. The Balaban J connectivity index is 1.65. The number of rotatable bonds is 3. The van der Waals surface area contributed by atoms with Crippen LogP contribution >= 0.6 is 0 Å². The zero-order valence-corrected chi connectivity index (χ0v) is 18.3. The molecule has 2 aliphatic heterocycles. The summed E-state index contributed by atoms with van der Waals surface area (Å²) < 4.78 is 33.7. The van der Waals surface area contributed by atoms with Crippen LogP contribution in [0.4, 0.5) is 10.5 Å². The summed E-state index contributed by atoms with van der Waals surface area (Å²) in [5.74, 6) is 0. The molecule has 0 aliphatic carbocycles. The predicted octanol–water partition coefficient (Wildman–Crippen LogP) is 3.59. The summed E-state index contributed by atoms with van der Waals surface area (Å²) in [5.41, 5.74) is 2.18. The highest BCUT2D eigenvalue weighted by Gasteiger charge is 2.42. The molecule has 0 unspecified atom stereocenters. The van der Waals surface area contributed by atoms with Gasteiger partial charge in [-0.25, -0.2) is 13.2 Å². The van der Waals surface area contributed by atoms with Crippen LogP contribution < -0.4 is 5.32 Å². The second kappa shape index (κ2) is 7.59. The van der Waals surface area contributed by atoms with Crippen LogP contribution in [0.15, 0.2) is 53.4 Å². The number of carbonyl (C=O) groups is 1. The van der Waals surface area contributed by atoms with Gasteiger partial charge < -0.3 is 10.1 Å². The van der Waals surface area contributed by atoms with E-state index < -0.39 is 27.8 Å². The summed E-state index contributed by atoms with van der Waals surface area (Å²) in [6.07, 6.45) is 0.280. The first kappa shape index (κ1) is 20.7. The van der Waals surface area contributed by atoms with Crippen molar-refractivity contribution in [1.29, 1.82) is 0 Å². The molecule has 30 heavy (non-hydrogen) atoms. The van der Waals surface area contributed by atoms with Crippen LogP contribution in [0.25, 0.3) is 0 Å². The van der Waals surface area contributed by atoms with Crippen molar-refractivity contribution < 1.29 is 17.9 Å². The molecule has 1 saturated heterocycles. The Labute approximate surface area is 177 Å². The van der Waals surface area contributed by atoms with Crippen LogP contribution in [0.2, 0.25) is 0 Å². The molecule has 1 N–H and O–H groups in total. The summed E-state index contributed by atoms with van der Waals surface area (Å²) >= 11 is 0. The van der Waals surface area contributed by atoms with Gasteiger partial charge >= 0.3 is 6.09 Å². The number of hydrogen-bond donors (Lipinski definition) is 1. The Morgan fingerprint density at radius 3 is 2.57 bits per heavy atom. The molecule has 160 valence electrons. The first-order valence-electron chi connectivity index (χ1n) is 10.1. The normalized spacial score (nSPS) is 19.4. The molecule has 7 nitrogen and oxygen atoms in total. The zero-order valence-electron chi connectivity index (χ0n) is 17.5. The Kier molecular flexibility index (Phi) is 5.23. The number of benzene rings is 2. The van der Waals surface area contributed by atoms with Crippen LogP contribution in [0.1, 0.15) is 37.9 Å². The number of hydrogen-bond acceptors (Lipinski definition) is 5. The lowest BCUT2D eigenvalue weighted by atomic mass is 10.1. The SMILES string of the molecule is CC(C)(C)OC(=O)N1CN(S(=O)(=O)c2ccc3c(c2)CCN3)C[C@@H]1c1ccccc1. The molecule has 0 spiro atoms. The van der Waals surface area contributed by atoms with Crippen LogP contribution in [-0.2, 0) is 21.2 Å². The van der Waals surface area contributed by atoms with E-state index in [4.69, 9.17) is 4.74 Å². The van der Waals surface area contributed by atoms with Gasteiger partial charge in [-0.15, -0.1) is 0 Å². The maximum atomic E-state index is 13.4. The van der Waals surface area contributed by atoms with E-state index in [0.29, 0.717) is 0 Å². The molecule has 2 heterocycles. The molecule has 2 aromatic rings. The quantitative estimate of drug-likeness (QED) is 0.807. The van der Waals surface area contributed by atoms with Gasteiger partial charge in [0.1, 0.15) is 5.60 Å². The third kappa shape index (κ3) is 4.02. The van der Waals surface area contributed by atoms with Crippen molar-refractivity contribution in [3.8, 4) is 0 Å². The highest BCUT2D eigenvalue weighted by Crippen LogP contribution is 2.34.